The standard InChI is InChI=1S/C14H20N4O2/c19-14(17-11-3-1-2-4-11)18-8-6-12(9-18)20-13-5-7-15-10-16-13/h5,7,10-12H,1-4,6,8-9H2,(H,17,19). The number of urea groups is 1. The first-order valence-corrected chi connectivity index (χ1v) is 7.29. The molecule has 1 atom stereocenters. The summed E-state index contributed by atoms with van der Waals surface area (Å²) in [6.07, 6.45) is 8.67. The number of ether oxygens (including phenoxy) is 1. The molecule has 1 aromatic heterocycles. The monoisotopic (exact) mass is 276 g/mol. The van der Waals surface area contributed by atoms with Gasteiger partial charge in [-0.1, -0.05) is 12.8 Å². The molecule has 20 heavy (non-hydrogen) atoms. The lowest BCUT2D eigenvalue weighted by Crippen LogP contribution is -2.43. The fraction of sp³-hybridized carbons (Fsp3) is 0.643. The zero-order valence-corrected chi connectivity index (χ0v) is 11.5. The minimum Gasteiger partial charge on any atom is -0.472 e. The number of hydrogen-bond donors (Lipinski definition) is 1. The van der Waals surface area contributed by atoms with Crippen molar-refractivity contribution >= 4 is 6.03 Å². The highest BCUT2D eigenvalue weighted by molar-refractivity contribution is 5.74. The van der Waals surface area contributed by atoms with Gasteiger partial charge in [-0.3, -0.25) is 0 Å². The normalized spacial score (nSPS) is 23.0. The maximum absolute atomic E-state index is 12.1. The molecule has 1 N–H and O–H groups in total. The van der Waals surface area contributed by atoms with Crippen molar-refractivity contribution < 1.29 is 9.53 Å². The van der Waals surface area contributed by atoms with E-state index >= 15 is 0 Å². The molecule has 0 aromatic carbocycles. The van der Waals surface area contributed by atoms with Crippen LogP contribution in [0.5, 0.6) is 5.88 Å². The van der Waals surface area contributed by atoms with Gasteiger partial charge >= 0.3 is 6.03 Å². The molecular formula is C14H20N4O2. The van der Waals surface area contributed by atoms with Gasteiger partial charge in [0.15, 0.2) is 0 Å². The molecule has 1 aliphatic heterocycles. The topological polar surface area (TPSA) is 67.4 Å². The van der Waals surface area contributed by atoms with Crippen LogP contribution in [0.1, 0.15) is 32.1 Å². The first-order valence-electron chi connectivity index (χ1n) is 7.29. The number of nitrogens with zero attached hydrogens (tertiary/aromatic N) is 3. The van der Waals surface area contributed by atoms with Crippen molar-refractivity contribution in [1.29, 1.82) is 0 Å². The van der Waals surface area contributed by atoms with Gasteiger partial charge in [0, 0.05) is 31.3 Å². The molecule has 0 radical (unpaired) electrons. The predicted octanol–water partition coefficient (Wildman–Crippen LogP) is 1.58. The lowest BCUT2D eigenvalue weighted by molar-refractivity contribution is 0.181. The molecule has 0 spiro atoms. The van der Waals surface area contributed by atoms with E-state index in [4.69, 9.17) is 4.74 Å². The van der Waals surface area contributed by atoms with Crippen LogP contribution >= 0.6 is 0 Å². The third-order valence-electron chi connectivity index (χ3n) is 3.96. The summed E-state index contributed by atoms with van der Waals surface area (Å²) in [5.41, 5.74) is 0. The first kappa shape index (κ1) is 13.1. The van der Waals surface area contributed by atoms with Crippen LogP contribution in [0.2, 0.25) is 0 Å². The van der Waals surface area contributed by atoms with Crippen LogP contribution < -0.4 is 10.1 Å². The molecule has 3 rings (SSSR count). The second kappa shape index (κ2) is 6.07. The molecule has 6 nitrogen and oxygen atoms in total. The van der Waals surface area contributed by atoms with Crippen molar-refractivity contribution in [3.8, 4) is 5.88 Å². The summed E-state index contributed by atoms with van der Waals surface area (Å²) in [5.74, 6) is 0.572. The Labute approximate surface area is 118 Å². The van der Waals surface area contributed by atoms with Crippen molar-refractivity contribution in [3.05, 3.63) is 18.6 Å². The van der Waals surface area contributed by atoms with Gasteiger partial charge in [0.25, 0.3) is 0 Å². The number of rotatable bonds is 3. The summed E-state index contributed by atoms with van der Waals surface area (Å²) in [6, 6.07) is 2.15. The molecule has 1 aromatic rings. The van der Waals surface area contributed by atoms with E-state index in [1.54, 1.807) is 12.3 Å². The van der Waals surface area contributed by atoms with Crippen molar-refractivity contribution in [3.63, 3.8) is 0 Å². The molecule has 1 saturated carbocycles. The number of aromatic nitrogens is 2. The second-order valence-electron chi connectivity index (χ2n) is 5.45. The summed E-state index contributed by atoms with van der Waals surface area (Å²) in [4.78, 5) is 21.9. The Morgan fingerprint density at radius 1 is 1.35 bits per heavy atom. The number of likely N-dealkylation sites (tertiary alicyclic amines) is 1. The van der Waals surface area contributed by atoms with Gasteiger partial charge in [0.05, 0.1) is 6.54 Å². The van der Waals surface area contributed by atoms with Crippen molar-refractivity contribution in [1.82, 2.24) is 20.2 Å². The van der Waals surface area contributed by atoms with Crippen molar-refractivity contribution in [2.45, 2.75) is 44.2 Å². The first-order chi connectivity index (χ1) is 9.81. The summed E-state index contributed by atoms with van der Waals surface area (Å²) in [7, 11) is 0. The lowest BCUT2D eigenvalue weighted by Gasteiger charge is -2.20. The van der Waals surface area contributed by atoms with Gasteiger partial charge in [-0.2, -0.15) is 0 Å². The van der Waals surface area contributed by atoms with Crippen molar-refractivity contribution in [2.24, 2.45) is 0 Å². The Hall–Kier alpha value is -1.85. The minimum absolute atomic E-state index is 0.0271. The van der Waals surface area contributed by atoms with Gasteiger partial charge in [0.1, 0.15) is 12.4 Å². The summed E-state index contributed by atoms with van der Waals surface area (Å²) in [5, 5.41) is 3.11. The van der Waals surface area contributed by atoms with Gasteiger partial charge in [-0.15, -0.1) is 0 Å². The number of carbonyl (C=O) groups excluding carboxylic acids is 1. The largest absolute Gasteiger partial charge is 0.472 e. The molecule has 108 valence electrons. The average Bonchev–Trinajstić information content (AvgIpc) is 3.11. The zero-order valence-electron chi connectivity index (χ0n) is 11.5. The van der Waals surface area contributed by atoms with Gasteiger partial charge in [0.2, 0.25) is 5.88 Å². The predicted molar refractivity (Wildman–Crippen MR) is 73.4 cm³/mol. The summed E-state index contributed by atoms with van der Waals surface area (Å²) in [6.45, 7) is 1.37. The van der Waals surface area contributed by atoms with Crippen LogP contribution in [0.4, 0.5) is 4.79 Å². The maximum Gasteiger partial charge on any atom is 0.317 e. The van der Waals surface area contributed by atoms with E-state index in [9.17, 15) is 4.79 Å². The fourth-order valence-corrected chi connectivity index (χ4v) is 2.86. The molecule has 6 heteroatoms. The Bertz CT molecular complexity index is 448. The maximum atomic E-state index is 12.1. The smallest absolute Gasteiger partial charge is 0.317 e. The van der Waals surface area contributed by atoms with Crippen LogP contribution in [-0.4, -0.2) is 46.1 Å². The third-order valence-corrected chi connectivity index (χ3v) is 3.96. The lowest BCUT2D eigenvalue weighted by atomic mass is 10.2. The van der Waals surface area contributed by atoms with E-state index in [1.807, 2.05) is 4.90 Å². The van der Waals surface area contributed by atoms with E-state index in [-0.39, 0.29) is 12.1 Å². The van der Waals surface area contributed by atoms with Gasteiger partial charge in [-0.05, 0) is 12.8 Å². The average molecular weight is 276 g/mol. The van der Waals surface area contributed by atoms with Gasteiger partial charge in [-0.25, -0.2) is 14.8 Å². The number of nitrogens with one attached hydrogen (secondary N) is 1. The fourth-order valence-electron chi connectivity index (χ4n) is 2.86. The molecule has 0 bridgehead atoms. The van der Waals surface area contributed by atoms with E-state index in [0.717, 1.165) is 25.8 Å². The second-order valence-corrected chi connectivity index (χ2v) is 5.45. The summed E-state index contributed by atoms with van der Waals surface area (Å²) >= 11 is 0. The molecule has 2 aliphatic rings. The Morgan fingerprint density at radius 3 is 2.95 bits per heavy atom. The third kappa shape index (κ3) is 3.18. The highest BCUT2D eigenvalue weighted by Gasteiger charge is 2.29. The van der Waals surface area contributed by atoms with E-state index in [2.05, 4.69) is 15.3 Å². The highest BCUT2D eigenvalue weighted by atomic mass is 16.5. The SMILES string of the molecule is O=C(NC1CCCC1)N1CCC(Oc2ccncn2)C1. The molecule has 1 unspecified atom stereocenters. The Morgan fingerprint density at radius 2 is 2.20 bits per heavy atom. The van der Waals surface area contributed by atoms with Crippen molar-refractivity contribution in [2.75, 3.05) is 13.1 Å². The van der Waals surface area contributed by atoms with Crippen LogP contribution in [0, 0.1) is 0 Å². The quantitative estimate of drug-likeness (QED) is 0.910. The number of amides is 2. The zero-order chi connectivity index (χ0) is 13.8. The van der Waals surface area contributed by atoms with E-state index in [0.29, 0.717) is 18.5 Å². The van der Waals surface area contributed by atoms with Crippen LogP contribution in [0.25, 0.3) is 0 Å². The molecule has 1 aliphatic carbocycles. The highest BCUT2D eigenvalue weighted by Crippen LogP contribution is 2.19. The molecule has 1 saturated heterocycles. The van der Waals surface area contributed by atoms with E-state index in [1.165, 1.54) is 19.2 Å². The molecular weight excluding hydrogens is 256 g/mol. The van der Waals surface area contributed by atoms with Crippen LogP contribution in [-0.2, 0) is 0 Å². The Balaban J connectivity index is 1.47. The number of carbonyl (C=O) groups is 1. The minimum atomic E-state index is 0.0271. The molecule has 2 amide bonds. The van der Waals surface area contributed by atoms with Crippen LogP contribution in [0.3, 0.4) is 0 Å². The number of hydrogen-bond acceptors (Lipinski definition) is 4. The molecule has 2 fully saturated rings. The molecule has 2 heterocycles. The van der Waals surface area contributed by atoms with Gasteiger partial charge < -0.3 is 15.0 Å². The van der Waals surface area contributed by atoms with Crippen LogP contribution in [0.15, 0.2) is 18.6 Å². The summed E-state index contributed by atoms with van der Waals surface area (Å²) < 4.78 is 5.75. The Kier molecular flexibility index (Phi) is 3.99. The van der Waals surface area contributed by atoms with E-state index < -0.39 is 0 Å².